The Morgan fingerprint density at radius 2 is 1.17 bits per heavy atom. The number of hydrogen-bond donors (Lipinski definition) is 16. The van der Waals surface area contributed by atoms with Crippen molar-refractivity contribution in [1.82, 2.24) is 70.7 Å². The van der Waals surface area contributed by atoms with Crippen molar-refractivity contribution in [2.75, 3.05) is 175 Å². The third-order valence-corrected chi connectivity index (χ3v) is 21.6. The number of anilines is 1. The number of aliphatic hydroxyl groups is 2. The number of aliphatic carboxylic acids is 4. The first kappa shape index (κ1) is 95.1. The molecule has 2 aromatic carbocycles. The highest BCUT2D eigenvalue weighted by Gasteiger charge is 2.52. The number of carboxylic acid groups (broad SMARTS) is 4. The van der Waals surface area contributed by atoms with Crippen LogP contribution in [0.1, 0.15) is 66.4 Å². The molecule has 2 aromatic heterocycles. The summed E-state index contributed by atoms with van der Waals surface area (Å²) in [6, 6.07) is 4.79. The lowest BCUT2D eigenvalue weighted by Crippen LogP contribution is -2.62. The number of ether oxygens (including phenoxy) is 6. The number of nitrogens with zero attached hydrogens (tertiary/aromatic N) is 7. The molecule has 0 saturated carbocycles. The number of hydrogen-bond acceptors (Lipinski definition) is 30. The maximum absolute atomic E-state index is 13.9. The van der Waals surface area contributed by atoms with E-state index in [-0.39, 0.29) is 165 Å². The summed E-state index contributed by atoms with van der Waals surface area (Å²) < 4.78 is 131. The van der Waals surface area contributed by atoms with Gasteiger partial charge < -0.3 is 95.9 Å². The minimum Gasteiger partial charge on any atom is -0.494 e. The Morgan fingerprint density at radius 3 is 1.72 bits per heavy atom. The molecule has 4 aromatic rings. The summed E-state index contributed by atoms with van der Waals surface area (Å²) in [6.45, 7) is 3.71. The van der Waals surface area contributed by atoms with Crippen LogP contribution >= 0.6 is 0 Å². The summed E-state index contributed by atoms with van der Waals surface area (Å²) in [5, 5.41) is 78.7. The van der Waals surface area contributed by atoms with Crippen molar-refractivity contribution in [2.24, 2.45) is 0 Å². The molecule has 47 heteroatoms. The standard InChI is InChI=1S/C68H105N15O29S3/c1-45-35-49(36-46(2)62(45)114(102,103)78-51(66(97)98)39-75-64(95)47-8-10-52-48(37-47)38-76-83(52)18-4-12-72-68-73-15-16-74-68)110-29-3-7-54(84)69-13-5-27-107-31-33-109-34-32-108-28-6-14-71-65(96)50(9-11-55(85)70-17-30-111-67-61(94)63(115(104,105)106)60(93)53(112-67)44-113(99,100)101)77-56(86)40-79-19-21-80(41-57(87)88)23-25-82(43-59(91)92)26-24-81(22-20-79)42-58(89)90/h8,10,15-16,35-38,50-51,53,60-61,63,67,78,93-94H,3-7,9,11-14,17-34,39-44H2,1-2H3,(H,69,84)(H,70,85)(H,71,96)(H,75,95)(H,77,86)(H,87,88)(H,89,90)(H,91,92)(H,97,98)(H2,72,73,74)(H,99,100,101)(H,104,105,106)/t50-,51-,53-,60+,61-,63+,67?/m1/s1. The van der Waals surface area contributed by atoms with Crippen molar-refractivity contribution < 1.29 is 137 Å². The van der Waals surface area contributed by atoms with Crippen molar-refractivity contribution in [1.29, 1.82) is 0 Å². The molecule has 2 fully saturated rings. The summed E-state index contributed by atoms with van der Waals surface area (Å²) in [5.41, 5.74) is 1.53. The molecule has 2 saturated heterocycles. The van der Waals surface area contributed by atoms with Crippen molar-refractivity contribution in [3.8, 4) is 5.75 Å². The molecule has 5 amide bonds. The minimum absolute atomic E-state index is 0.0348. The molecule has 2 aliphatic heterocycles. The summed E-state index contributed by atoms with van der Waals surface area (Å²) in [5.74, 6) is -8.35. The van der Waals surface area contributed by atoms with Crippen LogP contribution in [-0.2, 0) is 98.8 Å². The molecular formula is C68H105N15O29S3. The molecule has 16 N–H and O–H groups in total. The van der Waals surface area contributed by atoms with Gasteiger partial charge in [0.15, 0.2) is 12.2 Å². The monoisotopic (exact) mass is 1690 g/mol. The number of aliphatic hydroxyl groups excluding tert-OH is 2. The second-order valence-corrected chi connectivity index (χ2v) is 31.7. The van der Waals surface area contributed by atoms with Gasteiger partial charge in [-0.1, -0.05) is 0 Å². The zero-order chi connectivity index (χ0) is 84.3. The van der Waals surface area contributed by atoms with Crippen LogP contribution in [0.5, 0.6) is 5.75 Å². The topological polar surface area (TPSA) is 617 Å². The van der Waals surface area contributed by atoms with E-state index in [1.54, 1.807) is 61.1 Å². The smallest absolute Gasteiger partial charge is 0.323 e. The molecule has 1 unspecified atom stereocenters. The van der Waals surface area contributed by atoms with Gasteiger partial charge in [0, 0.05) is 141 Å². The minimum atomic E-state index is -5.27. The molecule has 44 nitrogen and oxygen atoms in total. The second-order valence-electron chi connectivity index (χ2n) is 27.0. The molecule has 115 heavy (non-hydrogen) atoms. The number of fused-ring (bicyclic) bond motifs is 1. The average Bonchev–Trinajstić information content (AvgIpc) is 1.74. The number of rotatable bonds is 51. The van der Waals surface area contributed by atoms with Crippen LogP contribution in [0.25, 0.3) is 10.9 Å². The van der Waals surface area contributed by atoms with E-state index in [0.29, 0.717) is 56.2 Å². The number of amides is 5. The van der Waals surface area contributed by atoms with Crippen molar-refractivity contribution in [3.63, 3.8) is 0 Å². The van der Waals surface area contributed by atoms with Crippen molar-refractivity contribution >= 4 is 101 Å². The highest BCUT2D eigenvalue weighted by atomic mass is 32.2. The van der Waals surface area contributed by atoms with Crippen molar-refractivity contribution in [3.05, 3.63) is 65.6 Å². The van der Waals surface area contributed by atoms with Crippen molar-refractivity contribution in [2.45, 2.75) is 112 Å². The fraction of sp³-hybridized carbons (Fsp3) is 0.632. The van der Waals surface area contributed by atoms with Gasteiger partial charge in [-0.25, -0.2) is 13.4 Å². The number of carbonyl (C=O) groups excluding carboxylic acids is 5. The zero-order valence-corrected chi connectivity index (χ0v) is 66.2. The molecule has 2 aliphatic rings. The van der Waals surface area contributed by atoms with E-state index in [1.807, 2.05) is 0 Å². The summed E-state index contributed by atoms with van der Waals surface area (Å²) in [6.07, 6.45) is -2.40. The van der Waals surface area contributed by atoms with E-state index >= 15 is 0 Å². The molecule has 0 radical (unpaired) electrons. The van der Waals surface area contributed by atoms with E-state index in [2.05, 4.69) is 51.7 Å². The Kier molecular flexibility index (Phi) is 39.7. The number of carbonyl (C=O) groups is 9. The van der Waals surface area contributed by atoms with Crippen LogP contribution in [0.15, 0.2) is 53.8 Å². The van der Waals surface area contributed by atoms with Gasteiger partial charge in [0.05, 0.1) is 82.4 Å². The van der Waals surface area contributed by atoms with E-state index < -0.39 is 158 Å². The van der Waals surface area contributed by atoms with Crippen LogP contribution in [0.3, 0.4) is 0 Å². The first-order valence-electron chi connectivity index (χ1n) is 36.9. The van der Waals surface area contributed by atoms with Crippen LogP contribution in [0, 0.1) is 13.8 Å². The average molecular weight is 1690 g/mol. The van der Waals surface area contributed by atoms with Gasteiger partial charge in [0.1, 0.15) is 47.1 Å². The van der Waals surface area contributed by atoms with Gasteiger partial charge in [0.2, 0.25) is 33.7 Å². The number of aromatic nitrogens is 4. The predicted octanol–water partition coefficient (Wildman–Crippen LogP) is -4.27. The fourth-order valence-corrected chi connectivity index (χ4v) is 15.6. The maximum Gasteiger partial charge on any atom is 0.323 e. The van der Waals surface area contributed by atoms with Crippen LogP contribution in [-0.4, -0.2) is 370 Å². The van der Waals surface area contributed by atoms with E-state index in [9.17, 15) is 108 Å². The Morgan fingerprint density at radius 1 is 0.617 bits per heavy atom. The van der Waals surface area contributed by atoms with Gasteiger partial charge in [-0.2, -0.15) is 26.7 Å². The summed E-state index contributed by atoms with van der Waals surface area (Å²) in [4.78, 5) is 127. The quantitative estimate of drug-likeness (QED) is 0.0147. The SMILES string of the molecule is Cc1cc(OCCCC(=O)NCCCOCCOCCOCCCNC(=O)[C@@H](CCC(=O)NCCOC2O[C@H](CS(=O)(=O)O)[C@H](O)[C@H](S(=O)(=O)O)[C@H]2O)NC(=O)CN2CCN(CC(=O)O)CCN(CC(=O)O)CCN(CC(=O)O)CC2)cc(C)c1S(=O)(=O)N[C@H](CNC(=O)c1ccc2c(cnn2CCCNc2ncc[nH]2)c1)C(=O)O. The van der Waals surface area contributed by atoms with Gasteiger partial charge in [-0.05, 0) is 87.4 Å². The molecule has 0 aliphatic carbocycles. The van der Waals surface area contributed by atoms with Crippen LogP contribution in [0.4, 0.5) is 5.95 Å². The van der Waals surface area contributed by atoms with Gasteiger partial charge in [0.25, 0.3) is 26.1 Å². The third-order valence-electron chi connectivity index (χ3n) is 17.9. The summed E-state index contributed by atoms with van der Waals surface area (Å²) in [7, 11) is -14.6. The molecule has 644 valence electrons. The lowest BCUT2D eigenvalue weighted by Gasteiger charge is -2.40. The molecular weight excluding hydrogens is 1590 g/mol. The number of aromatic amines is 1. The number of sulfonamides is 1. The van der Waals surface area contributed by atoms with Gasteiger partial charge in [-0.15, -0.1) is 0 Å². The Hall–Kier alpha value is -8.76. The Bertz CT molecular complexity index is 4130. The lowest BCUT2D eigenvalue weighted by molar-refractivity contribution is -0.257. The molecule has 0 bridgehead atoms. The van der Waals surface area contributed by atoms with Crippen LogP contribution in [0.2, 0.25) is 0 Å². The third kappa shape index (κ3) is 34.9. The zero-order valence-electron chi connectivity index (χ0n) is 63.7. The lowest BCUT2D eigenvalue weighted by atomic mass is 10.0. The fourth-order valence-electron chi connectivity index (χ4n) is 12.3. The number of H-pyrrole nitrogens is 1. The Balaban J connectivity index is 0.866. The van der Waals surface area contributed by atoms with Gasteiger partial charge in [-0.3, -0.25) is 76.5 Å². The van der Waals surface area contributed by atoms with Crippen LogP contribution < -0.4 is 41.4 Å². The first-order valence-corrected chi connectivity index (χ1v) is 41.5. The van der Waals surface area contributed by atoms with E-state index in [4.69, 9.17) is 28.4 Å². The van der Waals surface area contributed by atoms with E-state index in [0.717, 1.165) is 11.9 Å². The number of carboxylic acids is 4. The second kappa shape index (κ2) is 48.1. The van der Waals surface area contributed by atoms with Gasteiger partial charge >= 0.3 is 23.9 Å². The highest BCUT2D eigenvalue weighted by Crippen LogP contribution is 2.29. The highest BCUT2D eigenvalue weighted by molar-refractivity contribution is 7.89. The largest absolute Gasteiger partial charge is 0.494 e. The predicted molar refractivity (Wildman–Crippen MR) is 405 cm³/mol. The molecule has 0 spiro atoms. The summed E-state index contributed by atoms with van der Waals surface area (Å²) >= 11 is 0. The first-order chi connectivity index (χ1) is 54.5. The number of imidazole rings is 1. The normalized spacial score (nSPS) is 18.4. The number of benzene rings is 2. The van der Waals surface area contributed by atoms with E-state index in [1.165, 1.54) is 26.0 Å². The number of nitrogens with one attached hydrogen (secondary N) is 8. The molecule has 7 atom stereocenters. The Labute approximate surface area is 663 Å². The maximum atomic E-state index is 13.9. The molecule has 4 heterocycles. The molecule has 6 rings (SSSR count). The number of aryl methyl sites for hydroxylation is 3.